The van der Waals surface area contributed by atoms with Gasteiger partial charge < -0.3 is 15.1 Å². The molecule has 1 atom stereocenters. The molecule has 1 aromatic heterocycles. The van der Waals surface area contributed by atoms with Gasteiger partial charge >= 0.3 is 6.03 Å². The van der Waals surface area contributed by atoms with Gasteiger partial charge in [-0.2, -0.15) is 0 Å². The molecule has 118 valence electrons. The van der Waals surface area contributed by atoms with Crippen LogP contribution < -0.4 is 5.32 Å². The second-order valence-electron chi connectivity index (χ2n) is 5.82. The molecular formula is C16H23N5O. The Morgan fingerprint density at radius 3 is 2.59 bits per heavy atom. The lowest BCUT2D eigenvalue weighted by Gasteiger charge is -2.23. The molecule has 0 aliphatic carbocycles. The van der Waals surface area contributed by atoms with Crippen molar-refractivity contribution in [3.05, 3.63) is 36.2 Å². The number of carbonyl (C=O) groups excluding carboxylic acids is 1. The molecule has 0 fully saturated rings. The molecule has 2 amide bonds. The van der Waals surface area contributed by atoms with Crippen LogP contribution in [0.15, 0.2) is 30.5 Å². The molecule has 22 heavy (non-hydrogen) atoms. The fraction of sp³-hybridized carbons (Fsp3) is 0.438. The highest BCUT2D eigenvalue weighted by molar-refractivity contribution is 5.75. The first-order chi connectivity index (χ1) is 10.5. The molecule has 1 N–H and O–H groups in total. The van der Waals surface area contributed by atoms with Gasteiger partial charge in [0.15, 0.2) is 0 Å². The number of urea groups is 1. The normalized spacial score (nSPS) is 12.4. The van der Waals surface area contributed by atoms with Gasteiger partial charge in [0.2, 0.25) is 0 Å². The van der Waals surface area contributed by atoms with E-state index in [1.54, 1.807) is 18.1 Å². The summed E-state index contributed by atoms with van der Waals surface area (Å²) in [5.74, 6) is 0. The Hall–Kier alpha value is -2.21. The van der Waals surface area contributed by atoms with Crippen LogP contribution in [0.4, 0.5) is 4.79 Å². The molecule has 0 aliphatic heterocycles. The first kappa shape index (κ1) is 16.2. The van der Waals surface area contributed by atoms with Crippen LogP contribution in [0.25, 0.3) is 11.0 Å². The van der Waals surface area contributed by atoms with E-state index in [1.165, 1.54) is 0 Å². The molecule has 0 aliphatic rings. The molecule has 2 aromatic rings. The summed E-state index contributed by atoms with van der Waals surface area (Å²) in [4.78, 5) is 24.7. The van der Waals surface area contributed by atoms with E-state index in [0.717, 1.165) is 23.3 Å². The van der Waals surface area contributed by atoms with Crippen LogP contribution in [0.5, 0.6) is 0 Å². The van der Waals surface area contributed by atoms with Crippen molar-refractivity contribution in [3.8, 4) is 0 Å². The molecule has 0 unspecified atom stereocenters. The van der Waals surface area contributed by atoms with E-state index in [2.05, 4.69) is 15.3 Å². The third-order valence-corrected chi connectivity index (χ3v) is 3.25. The topological polar surface area (TPSA) is 61.4 Å². The molecule has 0 bridgehead atoms. The van der Waals surface area contributed by atoms with E-state index in [9.17, 15) is 4.79 Å². The van der Waals surface area contributed by atoms with Crippen molar-refractivity contribution in [1.29, 1.82) is 0 Å². The van der Waals surface area contributed by atoms with Crippen molar-refractivity contribution >= 4 is 17.1 Å². The quantitative estimate of drug-likeness (QED) is 0.913. The lowest BCUT2D eigenvalue weighted by atomic mass is 10.3. The predicted molar refractivity (Wildman–Crippen MR) is 87.6 cm³/mol. The lowest BCUT2D eigenvalue weighted by Crippen LogP contribution is -2.45. The average Bonchev–Trinajstić information content (AvgIpc) is 2.46. The van der Waals surface area contributed by atoms with E-state index in [-0.39, 0.29) is 12.1 Å². The summed E-state index contributed by atoms with van der Waals surface area (Å²) in [6, 6.07) is 7.69. The van der Waals surface area contributed by atoms with Gasteiger partial charge in [0.05, 0.1) is 29.5 Å². The van der Waals surface area contributed by atoms with Crippen LogP contribution in [0.2, 0.25) is 0 Å². The highest BCUT2D eigenvalue weighted by Crippen LogP contribution is 2.09. The molecule has 6 nitrogen and oxygen atoms in total. The fourth-order valence-electron chi connectivity index (χ4n) is 2.30. The molecule has 0 saturated heterocycles. The smallest absolute Gasteiger partial charge is 0.317 e. The number of amides is 2. The highest BCUT2D eigenvalue weighted by atomic mass is 16.2. The van der Waals surface area contributed by atoms with Crippen LogP contribution in [-0.2, 0) is 6.54 Å². The van der Waals surface area contributed by atoms with E-state index in [4.69, 9.17) is 0 Å². The second kappa shape index (κ2) is 7.17. The Morgan fingerprint density at radius 2 is 1.91 bits per heavy atom. The summed E-state index contributed by atoms with van der Waals surface area (Å²) in [6.07, 6.45) is 1.72. The number of rotatable bonds is 5. The molecule has 0 spiro atoms. The summed E-state index contributed by atoms with van der Waals surface area (Å²) in [5.41, 5.74) is 2.48. The van der Waals surface area contributed by atoms with Gasteiger partial charge in [-0.1, -0.05) is 12.1 Å². The van der Waals surface area contributed by atoms with Gasteiger partial charge in [0.25, 0.3) is 0 Å². The Labute approximate surface area is 131 Å². The molecule has 2 rings (SSSR count). The van der Waals surface area contributed by atoms with Crippen molar-refractivity contribution in [1.82, 2.24) is 25.1 Å². The number of hydrogen-bond acceptors (Lipinski definition) is 4. The van der Waals surface area contributed by atoms with Crippen LogP contribution in [0, 0.1) is 0 Å². The summed E-state index contributed by atoms with van der Waals surface area (Å²) >= 11 is 0. The number of nitrogens with one attached hydrogen (secondary N) is 1. The van der Waals surface area contributed by atoms with Crippen LogP contribution in [-0.4, -0.2) is 59.5 Å². The number of fused-ring (bicyclic) bond motifs is 1. The number of nitrogens with zero attached hydrogens (tertiary/aromatic N) is 4. The van der Waals surface area contributed by atoms with E-state index >= 15 is 0 Å². The summed E-state index contributed by atoms with van der Waals surface area (Å²) in [6.45, 7) is 3.22. The second-order valence-corrected chi connectivity index (χ2v) is 5.82. The van der Waals surface area contributed by atoms with Gasteiger partial charge in [-0.3, -0.25) is 4.98 Å². The number of hydrogen-bond donors (Lipinski definition) is 1. The summed E-state index contributed by atoms with van der Waals surface area (Å²) < 4.78 is 0. The highest BCUT2D eigenvalue weighted by Gasteiger charge is 2.13. The number of likely N-dealkylation sites (N-methyl/N-ethyl adjacent to an activating group) is 1. The molecule has 0 saturated carbocycles. The van der Waals surface area contributed by atoms with Crippen molar-refractivity contribution in [3.63, 3.8) is 0 Å². The maximum atomic E-state index is 12.2. The average molecular weight is 301 g/mol. The minimum Gasteiger partial charge on any atom is -0.334 e. The summed E-state index contributed by atoms with van der Waals surface area (Å²) in [7, 11) is 5.72. The van der Waals surface area contributed by atoms with Crippen LogP contribution in [0.3, 0.4) is 0 Å². The lowest BCUT2D eigenvalue weighted by molar-refractivity contribution is 0.200. The van der Waals surface area contributed by atoms with Gasteiger partial charge in [-0.15, -0.1) is 0 Å². The molecule has 1 heterocycles. The monoisotopic (exact) mass is 301 g/mol. The van der Waals surface area contributed by atoms with Crippen LogP contribution >= 0.6 is 0 Å². The number of aromatic nitrogens is 2. The van der Waals surface area contributed by atoms with Crippen LogP contribution in [0.1, 0.15) is 12.6 Å². The Balaban J connectivity index is 1.97. The number of carbonyl (C=O) groups is 1. The summed E-state index contributed by atoms with van der Waals surface area (Å²) in [5, 5.41) is 2.97. The van der Waals surface area contributed by atoms with E-state index in [1.807, 2.05) is 50.2 Å². The fourth-order valence-corrected chi connectivity index (χ4v) is 2.30. The number of para-hydroxylation sites is 2. The van der Waals surface area contributed by atoms with Crippen molar-refractivity contribution < 1.29 is 4.79 Å². The van der Waals surface area contributed by atoms with Gasteiger partial charge in [-0.05, 0) is 33.2 Å². The SMILES string of the molecule is C[C@H](CN(C)C)NC(=O)N(C)Cc1cnc2ccccc2n1. The third kappa shape index (κ3) is 4.39. The van der Waals surface area contributed by atoms with Gasteiger partial charge in [0.1, 0.15) is 0 Å². The Morgan fingerprint density at radius 1 is 1.23 bits per heavy atom. The predicted octanol–water partition coefficient (Wildman–Crippen LogP) is 1.72. The largest absolute Gasteiger partial charge is 0.334 e. The molecular weight excluding hydrogens is 278 g/mol. The molecule has 1 aromatic carbocycles. The zero-order valence-corrected chi connectivity index (χ0v) is 13.6. The van der Waals surface area contributed by atoms with Gasteiger partial charge in [-0.25, -0.2) is 9.78 Å². The third-order valence-electron chi connectivity index (χ3n) is 3.25. The van der Waals surface area contributed by atoms with Crippen molar-refractivity contribution in [2.24, 2.45) is 0 Å². The van der Waals surface area contributed by atoms with E-state index < -0.39 is 0 Å². The van der Waals surface area contributed by atoms with Crippen molar-refractivity contribution in [2.75, 3.05) is 27.7 Å². The molecule has 6 heteroatoms. The minimum atomic E-state index is -0.107. The first-order valence-corrected chi connectivity index (χ1v) is 7.32. The maximum Gasteiger partial charge on any atom is 0.317 e. The number of benzene rings is 1. The first-order valence-electron chi connectivity index (χ1n) is 7.32. The molecule has 0 radical (unpaired) electrons. The minimum absolute atomic E-state index is 0.0904. The van der Waals surface area contributed by atoms with E-state index in [0.29, 0.717) is 6.54 Å². The maximum absolute atomic E-state index is 12.2. The van der Waals surface area contributed by atoms with Gasteiger partial charge in [0, 0.05) is 19.6 Å². The Bertz CT molecular complexity index is 643. The standard InChI is InChI=1S/C16H23N5O/c1-12(10-20(2)3)18-16(22)21(4)11-13-9-17-14-7-5-6-8-15(14)19-13/h5-9,12H,10-11H2,1-4H3,(H,18,22)/t12-/m1/s1. The zero-order valence-electron chi connectivity index (χ0n) is 13.6. The zero-order chi connectivity index (χ0) is 16.1. The van der Waals surface area contributed by atoms with Crippen molar-refractivity contribution in [2.45, 2.75) is 19.5 Å². The Kier molecular flexibility index (Phi) is 5.27.